The van der Waals surface area contributed by atoms with Gasteiger partial charge in [-0.05, 0) is 42.8 Å². The number of hydrogen-bond donors (Lipinski definition) is 2. The maximum absolute atomic E-state index is 12.8. The average Bonchev–Trinajstić information content (AvgIpc) is 2.60. The molecule has 7 heteroatoms. The molecule has 2 rings (SSSR count). The van der Waals surface area contributed by atoms with Gasteiger partial charge in [0.15, 0.2) is 0 Å². The fourth-order valence-corrected chi connectivity index (χ4v) is 2.38. The van der Waals surface area contributed by atoms with E-state index in [4.69, 9.17) is 5.11 Å². The van der Waals surface area contributed by atoms with Gasteiger partial charge in [0, 0.05) is 22.9 Å². The first-order chi connectivity index (χ1) is 12.0. The Labute approximate surface area is 153 Å². The van der Waals surface area contributed by atoms with E-state index in [1.807, 2.05) is 0 Å². The summed E-state index contributed by atoms with van der Waals surface area (Å²) in [6.07, 6.45) is 0.124. The van der Waals surface area contributed by atoms with Crippen LogP contribution in [0.5, 0.6) is 0 Å². The lowest BCUT2D eigenvalue weighted by Gasteiger charge is -2.23. The van der Waals surface area contributed by atoms with Crippen LogP contribution in [0.3, 0.4) is 0 Å². The third-order valence-corrected chi connectivity index (χ3v) is 3.87. The van der Waals surface area contributed by atoms with E-state index < -0.39 is 11.9 Å². The number of benzene rings is 2. The zero-order chi connectivity index (χ0) is 18.2. The number of para-hydroxylation sites is 1. The molecule has 0 bridgehead atoms. The summed E-state index contributed by atoms with van der Waals surface area (Å²) in [4.78, 5) is 35.4. The third kappa shape index (κ3) is 5.72. The van der Waals surface area contributed by atoms with Gasteiger partial charge in [-0.15, -0.1) is 0 Å². The summed E-state index contributed by atoms with van der Waals surface area (Å²) in [6.45, 7) is 0. The van der Waals surface area contributed by atoms with Crippen LogP contribution < -0.4 is 10.4 Å². The summed E-state index contributed by atoms with van der Waals surface area (Å²) in [7, 11) is 0. The number of amides is 2. The summed E-state index contributed by atoms with van der Waals surface area (Å²) < 4.78 is 0.841. The number of nitrogens with zero attached hydrogens (tertiary/aromatic N) is 1. The lowest BCUT2D eigenvalue weighted by molar-refractivity contribution is -0.137. The second-order valence-corrected chi connectivity index (χ2v) is 6.18. The summed E-state index contributed by atoms with van der Waals surface area (Å²) >= 11 is 3.31. The van der Waals surface area contributed by atoms with Gasteiger partial charge in [-0.1, -0.05) is 34.1 Å². The minimum absolute atomic E-state index is 0.0171. The Morgan fingerprint density at radius 2 is 1.60 bits per heavy atom. The van der Waals surface area contributed by atoms with Gasteiger partial charge >= 0.3 is 5.97 Å². The van der Waals surface area contributed by atoms with E-state index >= 15 is 0 Å². The predicted octanol–water partition coefficient (Wildman–Crippen LogP) is 3.38. The molecule has 2 aromatic carbocycles. The molecule has 2 N–H and O–H groups in total. The molecule has 0 aliphatic rings. The Bertz CT molecular complexity index is 747. The predicted molar refractivity (Wildman–Crippen MR) is 97.0 cm³/mol. The maximum Gasteiger partial charge on any atom is 0.303 e. The zero-order valence-electron chi connectivity index (χ0n) is 13.3. The highest BCUT2D eigenvalue weighted by Crippen LogP contribution is 2.17. The minimum Gasteiger partial charge on any atom is -0.481 e. The summed E-state index contributed by atoms with van der Waals surface area (Å²) in [5, 5.41) is 9.82. The first-order valence-electron chi connectivity index (χ1n) is 7.63. The van der Waals surface area contributed by atoms with Crippen molar-refractivity contribution in [2.75, 3.05) is 5.01 Å². The van der Waals surface area contributed by atoms with Gasteiger partial charge in [0.25, 0.3) is 5.91 Å². The molecule has 25 heavy (non-hydrogen) atoms. The highest BCUT2D eigenvalue weighted by atomic mass is 79.9. The SMILES string of the molecule is O=C(O)CCCC(=O)NN(C(=O)c1ccc(Br)cc1)c1ccccc1. The van der Waals surface area contributed by atoms with E-state index in [1.165, 1.54) is 5.01 Å². The Morgan fingerprint density at radius 1 is 0.960 bits per heavy atom. The fourth-order valence-electron chi connectivity index (χ4n) is 2.11. The number of carbonyl (C=O) groups is 3. The molecule has 0 aliphatic heterocycles. The van der Waals surface area contributed by atoms with Crippen molar-refractivity contribution in [2.24, 2.45) is 0 Å². The number of carboxylic acids is 1. The van der Waals surface area contributed by atoms with Crippen LogP contribution in [0.4, 0.5) is 5.69 Å². The largest absolute Gasteiger partial charge is 0.481 e. The molecule has 0 saturated heterocycles. The van der Waals surface area contributed by atoms with Gasteiger partial charge in [-0.25, -0.2) is 5.01 Å². The van der Waals surface area contributed by atoms with E-state index in [0.29, 0.717) is 11.3 Å². The second-order valence-electron chi connectivity index (χ2n) is 5.27. The molecule has 0 fully saturated rings. The van der Waals surface area contributed by atoms with Crippen LogP contribution in [0.1, 0.15) is 29.6 Å². The van der Waals surface area contributed by atoms with Gasteiger partial charge < -0.3 is 5.11 Å². The average molecular weight is 405 g/mol. The number of halogens is 1. The quantitative estimate of drug-likeness (QED) is 0.722. The molecule has 0 saturated carbocycles. The normalized spacial score (nSPS) is 10.1. The topological polar surface area (TPSA) is 86.7 Å². The molecule has 0 radical (unpaired) electrons. The maximum atomic E-state index is 12.8. The number of rotatable bonds is 6. The van der Waals surface area contributed by atoms with Crippen molar-refractivity contribution in [3.8, 4) is 0 Å². The number of carbonyl (C=O) groups excluding carboxylic acids is 2. The Balaban J connectivity index is 2.16. The van der Waals surface area contributed by atoms with Gasteiger partial charge in [-0.3, -0.25) is 19.8 Å². The van der Waals surface area contributed by atoms with E-state index in [-0.39, 0.29) is 25.2 Å². The van der Waals surface area contributed by atoms with Gasteiger partial charge in [0.05, 0.1) is 5.69 Å². The van der Waals surface area contributed by atoms with Crippen LogP contribution in [-0.4, -0.2) is 22.9 Å². The van der Waals surface area contributed by atoms with Gasteiger partial charge in [0.2, 0.25) is 5.91 Å². The Kier molecular flexibility index (Phi) is 6.71. The van der Waals surface area contributed by atoms with Crippen LogP contribution in [-0.2, 0) is 9.59 Å². The van der Waals surface area contributed by atoms with Crippen LogP contribution in [0.25, 0.3) is 0 Å². The van der Waals surface area contributed by atoms with Crippen LogP contribution in [0, 0.1) is 0 Å². The molecule has 2 amide bonds. The summed E-state index contributed by atoms with van der Waals surface area (Å²) in [6, 6.07) is 15.5. The molecule has 0 aliphatic carbocycles. The van der Waals surface area contributed by atoms with Gasteiger partial charge in [0.1, 0.15) is 0 Å². The molecular weight excluding hydrogens is 388 g/mol. The number of carboxylic acid groups (broad SMARTS) is 1. The first-order valence-corrected chi connectivity index (χ1v) is 8.43. The number of anilines is 1. The number of hydrogen-bond acceptors (Lipinski definition) is 3. The van der Waals surface area contributed by atoms with E-state index in [9.17, 15) is 14.4 Å². The van der Waals surface area contributed by atoms with E-state index in [0.717, 1.165) is 4.47 Å². The minimum atomic E-state index is -0.960. The first kappa shape index (κ1) is 18.7. The van der Waals surface area contributed by atoms with Crippen molar-refractivity contribution in [1.29, 1.82) is 0 Å². The highest BCUT2D eigenvalue weighted by Gasteiger charge is 2.20. The third-order valence-electron chi connectivity index (χ3n) is 3.34. The van der Waals surface area contributed by atoms with Crippen molar-refractivity contribution in [3.63, 3.8) is 0 Å². The summed E-state index contributed by atoms with van der Waals surface area (Å²) in [5.74, 6) is -1.76. The van der Waals surface area contributed by atoms with Crippen LogP contribution >= 0.6 is 15.9 Å². The van der Waals surface area contributed by atoms with E-state index in [1.54, 1.807) is 54.6 Å². The molecule has 2 aromatic rings. The van der Waals surface area contributed by atoms with Crippen LogP contribution in [0.2, 0.25) is 0 Å². The number of nitrogens with one attached hydrogen (secondary N) is 1. The lowest BCUT2D eigenvalue weighted by atomic mass is 10.2. The molecule has 0 aromatic heterocycles. The molecule has 0 heterocycles. The number of hydrazine groups is 1. The van der Waals surface area contributed by atoms with Crippen molar-refractivity contribution in [2.45, 2.75) is 19.3 Å². The second kappa shape index (κ2) is 8.98. The standard InChI is InChI=1S/C18H17BrN2O4/c19-14-11-9-13(10-12-14)18(25)21(15-5-2-1-3-6-15)20-16(22)7-4-8-17(23)24/h1-3,5-6,9-12H,4,7-8H2,(H,20,22)(H,23,24). The van der Waals surface area contributed by atoms with Crippen LogP contribution in [0.15, 0.2) is 59.1 Å². The molecule has 0 unspecified atom stereocenters. The molecule has 0 spiro atoms. The summed E-state index contributed by atoms with van der Waals surface area (Å²) in [5.41, 5.74) is 3.49. The van der Waals surface area contributed by atoms with Gasteiger partial charge in [-0.2, -0.15) is 0 Å². The monoisotopic (exact) mass is 404 g/mol. The zero-order valence-corrected chi connectivity index (χ0v) is 14.9. The van der Waals surface area contributed by atoms with Crippen molar-refractivity contribution >= 4 is 39.4 Å². The molecular formula is C18H17BrN2O4. The molecule has 6 nitrogen and oxygen atoms in total. The van der Waals surface area contributed by atoms with Crippen molar-refractivity contribution in [3.05, 3.63) is 64.6 Å². The van der Waals surface area contributed by atoms with Crippen molar-refractivity contribution < 1.29 is 19.5 Å². The smallest absolute Gasteiger partial charge is 0.303 e. The lowest BCUT2D eigenvalue weighted by Crippen LogP contribution is -2.46. The molecule has 0 atom stereocenters. The molecule has 130 valence electrons. The fraction of sp³-hybridized carbons (Fsp3) is 0.167. The van der Waals surface area contributed by atoms with E-state index in [2.05, 4.69) is 21.4 Å². The number of aliphatic carboxylic acids is 1. The Hall–Kier alpha value is -2.67. The highest BCUT2D eigenvalue weighted by molar-refractivity contribution is 9.10. The Morgan fingerprint density at radius 3 is 2.20 bits per heavy atom. The van der Waals surface area contributed by atoms with Crippen molar-refractivity contribution in [1.82, 2.24) is 5.43 Å².